The Morgan fingerprint density at radius 3 is 2.35 bits per heavy atom. The Bertz CT molecular complexity index is 538. The van der Waals surface area contributed by atoms with Gasteiger partial charge in [0, 0.05) is 16.7 Å². The molecule has 0 atom stereocenters. The molecule has 0 saturated heterocycles. The van der Waals surface area contributed by atoms with Crippen molar-refractivity contribution in [3.05, 3.63) is 59.4 Å². The first-order chi connectivity index (χ1) is 8.16. The standard InChI is InChI=1S/C14H12O3/c1-3-8-17-14-9(2)12(15)10-6-4-5-7-11(10)13(14)16/h3-7H,1,8H2,2H3. The molecule has 17 heavy (non-hydrogen) atoms. The summed E-state index contributed by atoms with van der Waals surface area (Å²) in [6, 6.07) is 6.77. The number of ether oxygens (including phenoxy) is 1. The van der Waals surface area contributed by atoms with Crippen molar-refractivity contribution in [2.24, 2.45) is 0 Å². The van der Waals surface area contributed by atoms with Gasteiger partial charge in [-0.05, 0) is 6.92 Å². The first-order valence-corrected chi connectivity index (χ1v) is 5.29. The van der Waals surface area contributed by atoms with Crippen LogP contribution in [0.25, 0.3) is 0 Å². The van der Waals surface area contributed by atoms with E-state index < -0.39 is 0 Å². The first kappa shape index (κ1) is 11.3. The van der Waals surface area contributed by atoms with Gasteiger partial charge in [0.05, 0.1) is 0 Å². The molecule has 0 aromatic heterocycles. The summed E-state index contributed by atoms with van der Waals surface area (Å²) in [6.07, 6.45) is 1.54. The van der Waals surface area contributed by atoms with Crippen LogP contribution in [-0.2, 0) is 4.74 Å². The van der Waals surface area contributed by atoms with E-state index in [2.05, 4.69) is 6.58 Å². The number of benzene rings is 1. The third-order valence-corrected chi connectivity index (χ3v) is 2.65. The molecule has 0 heterocycles. The van der Waals surface area contributed by atoms with Crippen molar-refractivity contribution < 1.29 is 14.3 Å². The second kappa shape index (κ2) is 4.37. The van der Waals surface area contributed by atoms with Gasteiger partial charge in [-0.1, -0.05) is 36.9 Å². The Morgan fingerprint density at radius 1 is 1.18 bits per heavy atom. The fraction of sp³-hybridized carbons (Fsp3) is 0.143. The van der Waals surface area contributed by atoms with Crippen LogP contribution in [0, 0.1) is 0 Å². The predicted octanol–water partition coefficient (Wildman–Crippen LogP) is 2.54. The number of rotatable bonds is 3. The molecule has 0 spiro atoms. The first-order valence-electron chi connectivity index (χ1n) is 5.29. The lowest BCUT2D eigenvalue weighted by atomic mass is 9.89. The topological polar surface area (TPSA) is 43.4 Å². The van der Waals surface area contributed by atoms with E-state index in [0.717, 1.165) is 0 Å². The minimum atomic E-state index is -0.237. The van der Waals surface area contributed by atoms with Crippen LogP contribution in [0.1, 0.15) is 27.6 Å². The third-order valence-electron chi connectivity index (χ3n) is 2.65. The molecule has 1 aliphatic carbocycles. The third kappa shape index (κ3) is 1.80. The lowest BCUT2D eigenvalue weighted by molar-refractivity contribution is 0.0890. The molecular formula is C14H12O3. The van der Waals surface area contributed by atoms with Crippen molar-refractivity contribution in [2.75, 3.05) is 6.61 Å². The molecule has 3 heteroatoms. The molecule has 0 aliphatic heterocycles. The van der Waals surface area contributed by atoms with Crippen LogP contribution in [0.3, 0.4) is 0 Å². The number of ketones is 2. The van der Waals surface area contributed by atoms with Crippen LogP contribution >= 0.6 is 0 Å². The highest BCUT2D eigenvalue weighted by atomic mass is 16.5. The summed E-state index contributed by atoms with van der Waals surface area (Å²) >= 11 is 0. The monoisotopic (exact) mass is 228 g/mol. The molecule has 0 fully saturated rings. The number of fused-ring (bicyclic) bond motifs is 1. The van der Waals surface area contributed by atoms with Crippen molar-refractivity contribution in [3.63, 3.8) is 0 Å². The number of carbonyl (C=O) groups excluding carboxylic acids is 2. The minimum Gasteiger partial charge on any atom is -0.485 e. The van der Waals surface area contributed by atoms with Crippen LogP contribution in [-0.4, -0.2) is 18.2 Å². The zero-order valence-electron chi connectivity index (χ0n) is 9.53. The summed E-state index contributed by atoms with van der Waals surface area (Å²) in [7, 11) is 0. The average molecular weight is 228 g/mol. The van der Waals surface area contributed by atoms with E-state index in [1.165, 1.54) is 0 Å². The highest BCUT2D eigenvalue weighted by molar-refractivity contribution is 6.25. The van der Waals surface area contributed by atoms with E-state index in [4.69, 9.17) is 4.74 Å². The Kier molecular flexibility index (Phi) is 2.91. The second-order valence-corrected chi connectivity index (χ2v) is 3.76. The Morgan fingerprint density at radius 2 is 1.76 bits per heavy atom. The smallest absolute Gasteiger partial charge is 0.228 e. The molecule has 1 aromatic rings. The van der Waals surface area contributed by atoms with Crippen LogP contribution in [0.2, 0.25) is 0 Å². The molecule has 3 nitrogen and oxygen atoms in total. The number of hydrogen-bond donors (Lipinski definition) is 0. The summed E-state index contributed by atoms with van der Waals surface area (Å²) in [5, 5.41) is 0. The van der Waals surface area contributed by atoms with Gasteiger partial charge in [0.25, 0.3) is 0 Å². The lowest BCUT2D eigenvalue weighted by Gasteiger charge is -2.18. The molecule has 0 amide bonds. The second-order valence-electron chi connectivity index (χ2n) is 3.76. The van der Waals surface area contributed by atoms with Crippen molar-refractivity contribution in [2.45, 2.75) is 6.92 Å². The van der Waals surface area contributed by atoms with E-state index >= 15 is 0 Å². The lowest BCUT2D eigenvalue weighted by Crippen LogP contribution is -2.22. The molecule has 0 N–H and O–H groups in total. The minimum absolute atomic E-state index is 0.133. The quantitative estimate of drug-likeness (QED) is 0.747. The molecule has 0 unspecified atom stereocenters. The van der Waals surface area contributed by atoms with Crippen LogP contribution in [0.5, 0.6) is 0 Å². The summed E-state index contributed by atoms with van der Waals surface area (Å²) in [4.78, 5) is 24.1. The SMILES string of the molecule is C=CCOC1=C(C)C(=O)c2ccccc2C1=O. The van der Waals surface area contributed by atoms with E-state index in [1.54, 1.807) is 37.3 Å². The van der Waals surface area contributed by atoms with Gasteiger partial charge in [0.15, 0.2) is 11.5 Å². The Hall–Kier alpha value is -2.16. The van der Waals surface area contributed by atoms with Gasteiger partial charge in [0.1, 0.15) is 6.61 Å². The predicted molar refractivity (Wildman–Crippen MR) is 64.0 cm³/mol. The molecule has 1 aromatic carbocycles. The van der Waals surface area contributed by atoms with E-state index in [9.17, 15) is 9.59 Å². The maximum Gasteiger partial charge on any atom is 0.228 e. The normalized spacial score (nSPS) is 14.6. The Balaban J connectivity index is 2.50. The van der Waals surface area contributed by atoms with Gasteiger partial charge >= 0.3 is 0 Å². The maximum absolute atomic E-state index is 12.1. The molecule has 86 valence electrons. The zero-order valence-corrected chi connectivity index (χ0v) is 9.53. The van der Waals surface area contributed by atoms with Crippen molar-refractivity contribution in [3.8, 4) is 0 Å². The average Bonchev–Trinajstić information content (AvgIpc) is 2.36. The summed E-state index contributed by atoms with van der Waals surface area (Å²) in [5.41, 5.74) is 1.21. The fourth-order valence-electron chi connectivity index (χ4n) is 1.79. The van der Waals surface area contributed by atoms with Gasteiger partial charge < -0.3 is 4.74 Å². The summed E-state index contributed by atoms with van der Waals surface area (Å²) < 4.78 is 5.28. The highest BCUT2D eigenvalue weighted by Crippen LogP contribution is 2.26. The van der Waals surface area contributed by atoms with Crippen LogP contribution in [0.15, 0.2) is 48.3 Å². The molecular weight excluding hydrogens is 216 g/mol. The largest absolute Gasteiger partial charge is 0.485 e. The molecule has 0 radical (unpaired) electrons. The number of carbonyl (C=O) groups is 2. The number of allylic oxidation sites excluding steroid dienone is 2. The van der Waals surface area contributed by atoms with Crippen molar-refractivity contribution in [1.29, 1.82) is 0 Å². The van der Waals surface area contributed by atoms with Crippen molar-refractivity contribution in [1.82, 2.24) is 0 Å². The van der Waals surface area contributed by atoms with Crippen molar-refractivity contribution >= 4 is 11.6 Å². The zero-order chi connectivity index (χ0) is 12.4. The van der Waals surface area contributed by atoms with Gasteiger partial charge in [-0.2, -0.15) is 0 Å². The number of Topliss-reactive ketones (excluding diaryl/α,β-unsaturated/α-hetero) is 2. The maximum atomic E-state index is 12.1. The van der Waals surface area contributed by atoms with Gasteiger partial charge in [-0.15, -0.1) is 0 Å². The van der Waals surface area contributed by atoms with Crippen LogP contribution in [0.4, 0.5) is 0 Å². The molecule has 2 rings (SSSR count). The van der Waals surface area contributed by atoms with E-state index in [1.807, 2.05) is 0 Å². The summed E-state index contributed by atoms with van der Waals surface area (Å²) in [6.45, 7) is 5.34. The van der Waals surface area contributed by atoms with E-state index in [-0.39, 0.29) is 23.9 Å². The fourth-order valence-corrected chi connectivity index (χ4v) is 1.79. The van der Waals surface area contributed by atoms with Gasteiger partial charge in [-0.3, -0.25) is 9.59 Å². The summed E-state index contributed by atoms with van der Waals surface area (Å²) in [5.74, 6) is -0.257. The molecule has 1 aliphatic rings. The Labute approximate surface area is 99.4 Å². The molecule has 0 saturated carbocycles. The highest BCUT2D eigenvalue weighted by Gasteiger charge is 2.30. The van der Waals surface area contributed by atoms with Gasteiger partial charge in [-0.25, -0.2) is 0 Å². The van der Waals surface area contributed by atoms with E-state index in [0.29, 0.717) is 16.7 Å². The van der Waals surface area contributed by atoms with Crippen LogP contribution < -0.4 is 0 Å². The molecule has 0 bridgehead atoms. The number of hydrogen-bond acceptors (Lipinski definition) is 3. The van der Waals surface area contributed by atoms with Gasteiger partial charge in [0.2, 0.25) is 5.78 Å².